The average Bonchev–Trinajstić information content (AvgIpc) is 2.38. The van der Waals surface area contributed by atoms with Gasteiger partial charge in [0.1, 0.15) is 0 Å². The average molecular weight is 266 g/mol. The number of amides is 1. The second-order valence-electron chi connectivity index (χ2n) is 6.83. The van der Waals surface area contributed by atoms with Crippen LogP contribution in [0.2, 0.25) is 0 Å². The summed E-state index contributed by atoms with van der Waals surface area (Å²) < 4.78 is 0. The number of hydrogen-bond acceptors (Lipinski definition) is 2. The van der Waals surface area contributed by atoms with Crippen molar-refractivity contribution in [3.05, 3.63) is 0 Å². The van der Waals surface area contributed by atoms with Gasteiger partial charge in [0.05, 0.1) is 0 Å². The molecule has 0 spiro atoms. The maximum absolute atomic E-state index is 12.2. The molecule has 1 aliphatic carbocycles. The van der Waals surface area contributed by atoms with Crippen molar-refractivity contribution in [1.82, 2.24) is 10.6 Å². The fourth-order valence-corrected chi connectivity index (χ4v) is 3.64. The second-order valence-corrected chi connectivity index (χ2v) is 6.83. The lowest BCUT2D eigenvalue weighted by molar-refractivity contribution is -0.123. The van der Waals surface area contributed by atoms with E-state index < -0.39 is 0 Å². The molecule has 1 amide bonds. The molecule has 19 heavy (non-hydrogen) atoms. The summed E-state index contributed by atoms with van der Waals surface area (Å²) in [6, 6.07) is 0.778. The zero-order chi connectivity index (χ0) is 13.8. The minimum Gasteiger partial charge on any atom is -0.353 e. The summed E-state index contributed by atoms with van der Waals surface area (Å²) in [5.41, 5.74) is 0. The predicted molar refractivity (Wildman–Crippen MR) is 78.9 cm³/mol. The molecule has 5 atom stereocenters. The van der Waals surface area contributed by atoms with Gasteiger partial charge in [0.15, 0.2) is 0 Å². The summed E-state index contributed by atoms with van der Waals surface area (Å²) in [7, 11) is 0. The van der Waals surface area contributed by atoms with Crippen molar-refractivity contribution in [2.24, 2.45) is 17.8 Å². The maximum atomic E-state index is 12.2. The first-order chi connectivity index (χ1) is 9.08. The normalized spacial score (nSPS) is 39.8. The van der Waals surface area contributed by atoms with E-state index in [1.807, 2.05) is 0 Å². The Kier molecular flexibility index (Phi) is 5.26. The van der Waals surface area contributed by atoms with Crippen LogP contribution in [0.3, 0.4) is 0 Å². The van der Waals surface area contributed by atoms with Gasteiger partial charge in [-0.3, -0.25) is 4.79 Å². The molecule has 2 aliphatic rings. The SMILES string of the molecule is CC1CCCNC1CC(=O)NC1CCCC(C)C1C. The van der Waals surface area contributed by atoms with Crippen molar-refractivity contribution in [2.75, 3.05) is 6.54 Å². The third-order valence-corrected chi connectivity index (χ3v) is 5.39. The van der Waals surface area contributed by atoms with E-state index in [0.717, 1.165) is 18.9 Å². The largest absolute Gasteiger partial charge is 0.353 e. The number of piperidine rings is 1. The highest BCUT2D eigenvalue weighted by Gasteiger charge is 2.29. The van der Waals surface area contributed by atoms with Crippen molar-refractivity contribution < 1.29 is 4.79 Å². The van der Waals surface area contributed by atoms with Gasteiger partial charge >= 0.3 is 0 Å². The highest BCUT2D eigenvalue weighted by molar-refractivity contribution is 5.77. The molecule has 0 bridgehead atoms. The first-order valence-corrected chi connectivity index (χ1v) is 8.10. The lowest BCUT2D eigenvalue weighted by Gasteiger charge is -2.35. The Morgan fingerprint density at radius 1 is 1.11 bits per heavy atom. The van der Waals surface area contributed by atoms with Crippen molar-refractivity contribution >= 4 is 5.91 Å². The van der Waals surface area contributed by atoms with Crippen LogP contribution in [-0.2, 0) is 4.79 Å². The van der Waals surface area contributed by atoms with Gasteiger partial charge in [-0.1, -0.05) is 33.6 Å². The summed E-state index contributed by atoms with van der Waals surface area (Å²) in [6.45, 7) is 7.93. The molecule has 1 saturated heterocycles. The summed E-state index contributed by atoms with van der Waals surface area (Å²) in [4.78, 5) is 12.2. The Morgan fingerprint density at radius 2 is 1.84 bits per heavy atom. The Hall–Kier alpha value is -0.570. The van der Waals surface area contributed by atoms with E-state index in [9.17, 15) is 4.79 Å². The molecule has 2 rings (SSSR count). The van der Waals surface area contributed by atoms with Crippen molar-refractivity contribution in [3.8, 4) is 0 Å². The van der Waals surface area contributed by atoms with Crippen LogP contribution < -0.4 is 10.6 Å². The van der Waals surface area contributed by atoms with Crippen LogP contribution in [-0.4, -0.2) is 24.5 Å². The molecule has 1 heterocycles. The van der Waals surface area contributed by atoms with E-state index in [1.165, 1.54) is 25.7 Å². The number of carbonyl (C=O) groups is 1. The van der Waals surface area contributed by atoms with Gasteiger partial charge in [-0.25, -0.2) is 0 Å². The molecule has 2 fully saturated rings. The first kappa shape index (κ1) is 14.8. The molecule has 110 valence electrons. The molecule has 1 aliphatic heterocycles. The van der Waals surface area contributed by atoms with Crippen LogP contribution >= 0.6 is 0 Å². The lowest BCUT2D eigenvalue weighted by Crippen LogP contribution is -2.48. The third-order valence-electron chi connectivity index (χ3n) is 5.39. The number of hydrogen-bond donors (Lipinski definition) is 2. The highest BCUT2D eigenvalue weighted by atomic mass is 16.1. The quantitative estimate of drug-likeness (QED) is 0.824. The molecule has 3 heteroatoms. The molecule has 0 aromatic heterocycles. The van der Waals surface area contributed by atoms with Crippen LogP contribution in [0.1, 0.15) is 59.3 Å². The molecule has 0 aromatic carbocycles. The van der Waals surface area contributed by atoms with E-state index in [2.05, 4.69) is 31.4 Å². The Morgan fingerprint density at radius 3 is 2.58 bits per heavy atom. The van der Waals surface area contributed by atoms with E-state index in [-0.39, 0.29) is 5.91 Å². The zero-order valence-corrected chi connectivity index (χ0v) is 12.7. The van der Waals surface area contributed by atoms with Crippen molar-refractivity contribution in [1.29, 1.82) is 0 Å². The second kappa shape index (κ2) is 6.74. The van der Waals surface area contributed by atoms with Crippen LogP contribution in [0.15, 0.2) is 0 Å². The van der Waals surface area contributed by atoms with Gasteiger partial charge in [0, 0.05) is 18.5 Å². The monoisotopic (exact) mass is 266 g/mol. The molecule has 0 radical (unpaired) electrons. The summed E-state index contributed by atoms with van der Waals surface area (Å²) in [6.07, 6.45) is 6.88. The molecule has 5 unspecified atom stereocenters. The highest BCUT2D eigenvalue weighted by Crippen LogP contribution is 2.29. The van der Waals surface area contributed by atoms with Gasteiger partial charge in [-0.2, -0.15) is 0 Å². The predicted octanol–water partition coefficient (Wildman–Crippen LogP) is 2.71. The van der Waals surface area contributed by atoms with Crippen LogP contribution in [0.25, 0.3) is 0 Å². The standard InChI is InChI=1S/C16H30N2O/c1-11-6-4-8-14(13(11)3)18-16(19)10-15-12(2)7-5-9-17-15/h11-15,17H,4-10H2,1-3H3,(H,18,19). The van der Waals surface area contributed by atoms with Crippen molar-refractivity contribution in [2.45, 2.75) is 71.4 Å². The van der Waals surface area contributed by atoms with Gasteiger partial charge in [-0.05, 0) is 43.6 Å². The van der Waals surface area contributed by atoms with Crippen LogP contribution in [0.4, 0.5) is 0 Å². The molecule has 2 N–H and O–H groups in total. The molecule has 3 nitrogen and oxygen atoms in total. The third kappa shape index (κ3) is 3.95. The number of rotatable bonds is 3. The number of carbonyl (C=O) groups excluding carboxylic acids is 1. The van der Waals surface area contributed by atoms with Gasteiger partial charge in [0.25, 0.3) is 0 Å². The maximum Gasteiger partial charge on any atom is 0.221 e. The van der Waals surface area contributed by atoms with E-state index in [4.69, 9.17) is 0 Å². The van der Waals surface area contributed by atoms with Crippen LogP contribution in [0, 0.1) is 17.8 Å². The minimum atomic E-state index is 0.247. The van der Waals surface area contributed by atoms with E-state index >= 15 is 0 Å². The van der Waals surface area contributed by atoms with Crippen molar-refractivity contribution in [3.63, 3.8) is 0 Å². The minimum absolute atomic E-state index is 0.247. The Bertz CT molecular complexity index is 305. The summed E-state index contributed by atoms with van der Waals surface area (Å²) >= 11 is 0. The number of nitrogens with one attached hydrogen (secondary N) is 2. The Labute approximate surface area is 117 Å². The smallest absolute Gasteiger partial charge is 0.221 e. The van der Waals surface area contributed by atoms with E-state index in [0.29, 0.717) is 30.3 Å². The van der Waals surface area contributed by atoms with Gasteiger partial charge < -0.3 is 10.6 Å². The Balaban J connectivity index is 1.80. The first-order valence-electron chi connectivity index (χ1n) is 8.10. The lowest BCUT2D eigenvalue weighted by atomic mass is 9.78. The van der Waals surface area contributed by atoms with Gasteiger partial charge in [-0.15, -0.1) is 0 Å². The van der Waals surface area contributed by atoms with Gasteiger partial charge in [0.2, 0.25) is 5.91 Å². The zero-order valence-electron chi connectivity index (χ0n) is 12.7. The topological polar surface area (TPSA) is 41.1 Å². The summed E-state index contributed by atoms with van der Waals surface area (Å²) in [5, 5.41) is 6.78. The molecular weight excluding hydrogens is 236 g/mol. The fraction of sp³-hybridized carbons (Fsp3) is 0.938. The summed E-state index contributed by atoms with van der Waals surface area (Å²) in [5.74, 6) is 2.24. The molecule has 1 saturated carbocycles. The fourth-order valence-electron chi connectivity index (χ4n) is 3.64. The molecule has 0 aromatic rings. The molecular formula is C16H30N2O. The van der Waals surface area contributed by atoms with E-state index in [1.54, 1.807) is 0 Å². The van der Waals surface area contributed by atoms with Crippen LogP contribution in [0.5, 0.6) is 0 Å².